The molecular formula is C11H12F3N5OS2. The molecule has 3 N–H and O–H groups in total. The SMILES string of the molecule is CCNC(=S)NNC(=O)c1cc2c(C(F)(F)F)nn(C)c2s1. The Hall–Kier alpha value is -1.88. The van der Waals surface area contributed by atoms with Crippen LogP contribution >= 0.6 is 23.6 Å². The van der Waals surface area contributed by atoms with Crippen molar-refractivity contribution in [2.24, 2.45) is 7.05 Å². The zero-order valence-corrected chi connectivity index (χ0v) is 13.2. The summed E-state index contributed by atoms with van der Waals surface area (Å²) in [6.07, 6.45) is -4.57. The summed E-state index contributed by atoms with van der Waals surface area (Å²) in [6, 6.07) is 1.17. The number of aryl methyl sites for hydroxylation is 1. The van der Waals surface area contributed by atoms with Crippen molar-refractivity contribution in [3.63, 3.8) is 0 Å². The van der Waals surface area contributed by atoms with Gasteiger partial charge < -0.3 is 5.32 Å². The number of halogens is 3. The third-order valence-electron chi connectivity index (χ3n) is 2.63. The number of fused-ring (bicyclic) bond motifs is 1. The molecule has 0 unspecified atom stereocenters. The Morgan fingerprint density at radius 1 is 1.45 bits per heavy atom. The molecule has 120 valence electrons. The first-order valence-electron chi connectivity index (χ1n) is 6.12. The van der Waals surface area contributed by atoms with E-state index in [4.69, 9.17) is 12.2 Å². The van der Waals surface area contributed by atoms with Crippen molar-refractivity contribution < 1.29 is 18.0 Å². The molecule has 0 atom stereocenters. The van der Waals surface area contributed by atoms with E-state index in [9.17, 15) is 18.0 Å². The number of nitrogens with zero attached hydrogens (tertiary/aromatic N) is 2. The van der Waals surface area contributed by atoms with Crippen molar-refractivity contribution in [2.45, 2.75) is 13.1 Å². The van der Waals surface area contributed by atoms with E-state index in [2.05, 4.69) is 21.3 Å². The van der Waals surface area contributed by atoms with Gasteiger partial charge in [-0.05, 0) is 25.2 Å². The molecular weight excluding hydrogens is 339 g/mol. The van der Waals surface area contributed by atoms with Gasteiger partial charge in [-0.25, -0.2) is 0 Å². The van der Waals surface area contributed by atoms with Crippen LogP contribution in [0.25, 0.3) is 10.2 Å². The Labute approximate surface area is 132 Å². The summed E-state index contributed by atoms with van der Waals surface area (Å²) in [6.45, 7) is 2.40. The highest BCUT2D eigenvalue weighted by molar-refractivity contribution is 7.80. The Morgan fingerprint density at radius 3 is 2.73 bits per heavy atom. The van der Waals surface area contributed by atoms with Gasteiger partial charge in [-0.1, -0.05) is 0 Å². The second-order valence-electron chi connectivity index (χ2n) is 4.24. The summed E-state index contributed by atoms with van der Waals surface area (Å²) < 4.78 is 39.7. The standard InChI is InChI=1S/C11H12F3N5OS2/c1-3-15-10(21)17-16-8(20)6-4-5-7(11(12,13)14)18-19(2)9(5)22-6/h4H,3H2,1-2H3,(H,16,20)(H2,15,17,21). The molecule has 0 fully saturated rings. The number of aromatic nitrogens is 2. The number of hydrogen-bond donors (Lipinski definition) is 3. The molecule has 2 rings (SSSR count). The number of amides is 1. The van der Waals surface area contributed by atoms with Gasteiger partial charge in [0, 0.05) is 19.0 Å². The van der Waals surface area contributed by atoms with Gasteiger partial charge in [-0.15, -0.1) is 11.3 Å². The summed E-state index contributed by atoms with van der Waals surface area (Å²) >= 11 is 5.78. The maximum atomic E-state index is 12.9. The van der Waals surface area contributed by atoms with Crippen molar-refractivity contribution >= 4 is 44.8 Å². The van der Waals surface area contributed by atoms with Crippen molar-refractivity contribution in [3.8, 4) is 0 Å². The highest BCUT2D eigenvalue weighted by atomic mass is 32.1. The minimum atomic E-state index is -4.57. The van der Waals surface area contributed by atoms with Crippen LogP contribution < -0.4 is 16.2 Å². The largest absolute Gasteiger partial charge is 0.435 e. The van der Waals surface area contributed by atoms with Crippen LogP contribution in [0.1, 0.15) is 22.3 Å². The lowest BCUT2D eigenvalue weighted by Crippen LogP contribution is -2.46. The first kappa shape index (κ1) is 16.5. The number of thiophene rings is 1. The van der Waals surface area contributed by atoms with Crippen LogP contribution in [0, 0.1) is 0 Å². The average molecular weight is 351 g/mol. The molecule has 1 amide bonds. The van der Waals surface area contributed by atoms with E-state index < -0.39 is 17.8 Å². The minimum absolute atomic E-state index is 0.0978. The normalized spacial score (nSPS) is 11.5. The molecule has 0 aromatic carbocycles. The van der Waals surface area contributed by atoms with Crippen molar-refractivity contribution in [1.29, 1.82) is 0 Å². The van der Waals surface area contributed by atoms with E-state index in [1.165, 1.54) is 13.1 Å². The first-order chi connectivity index (χ1) is 10.2. The molecule has 6 nitrogen and oxygen atoms in total. The van der Waals surface area contributed by atoms with Gasteiger partial charge in [0.15, 0.2) is 10.8 Å². The Bertz CT molecular complexity index is 721. The lowest BCUT2D eigenvalue weighted by molar-refractivity contribution is -0.140. The molecule has 0 radical (unpaired) electrons. The van der Waals surface area contributed by atoms with Crippen molar-refractivity contribution in [2.75, 3.05) is 6.54 Å². The minimum Gasteiger partial charge on any atom is -0.362 e. The predicted octanol–water partition coefficient (Wildman–Crippen LogP) is 1.78. The smallest absolute Gasteiger partial charge is 0.362 e. The third kappa shape index (κ3) is 3.30. The van der Waals surface area contributed by atoms with Crippen molar-refractivity contribution in [1.82, 2.24) is 25.9 Å². The van der Waals surface area contributed by atoms with Gasteiger partial charge in [0.2, 0.25) is 0 Å². The summed E-state index contributed by atoms with van der Waals surface area (Å²) in [4.78, 5) is 12.3. The molecule has 2 aromatic heterocycles. The lowest BCUT2D eigenvalue weighted by Gasteiger charge is -2.08. The van der Waals surface area contributed by atoms with Crippen LogP contribution in [-0.2, 0) is 13.2 Å². The van der Waals surface area contributed by atoms with E-state index in [-0.39, 0.29) is 20.2 Å². The van der Waals surface area contributed by atoms with Gasteiger partial charge in [0.25, 0.3) is 5.91 Å². The maximum Gasteiger partial charge on any atom is 0.435 e. The monoisotopic (exact) mass is 351 g/mol. The lowest BCUT2D eigenvalue weighted by atomic mass is 10.3. The van der Waals surface area contributed by atoms with Crippen LogP contribution in [0.3, 0.4) is 0 Å². The molecule has 0 aliphatic carbocycles. The van der Waals surface area contributed by atoms with E-state index >= 15 is 0 Å². The van der Waals surface area contributed by atoms with Gasteiger partial charge in [0.05, 0.1) is 4.88 Å². The fraction of sp³-hybridized carbons (Fsp3) is 0.364. The molecule has 2 aromatic rings. The molecule has 0 saturated heterocycles. The Balaban J connectivity index is 2.23. The second-order valence-corrected chi connectivity index (χ2v) is 5.68. The number of hydrogen-bond acceptors (Lipinski definition) is 4. The molecule has 11 heteroatoms. The number of alkyl halides is 3. The van der Waals surface area contributed by atoms with Gasteiger partial charge >= 0.3 is 6.18 Å². The zero-order chi connectivity index (χ0) is 16.5. The summed E-state index contributed by atoms with van der Waals surface area (Å²) in [5.74, 6) is -0.574. The molecule has 0 saturated carbocycles. The van der Waals surface area contributed by atoms with Crippen LogP contribution in [0.5, 0.6) is 0 Å². The number of hydrazine groups is 1. The Kier molecular flexibility index (Phi) is 4.56. The van der Waals surface area contributed by atoms with Crippen LogP contribution in [0.15, 0.2) is 6.07 Å². The number of carbonyl (C=O) groups excluding carboxylic acids is 1. The first-order valence-corrected chi connectivity index (χ1v) is 7.34. The van der Waals surface area contributed by atoms with Gasteiger partial charge in [-0.2, -0.15) is 18.3 Å². The van der Waals surface area contributed by atoms with Gasteiger partial charge in [0.1, 0.15) is 4.83 Å². The highest BCUT2D eigenvalue weighted by Crippen LogP contribution is 2.37. The fourth-order valence-corrected chi connectivity index (χ4v) is 2.90. The van der Waals surface area contributed by atoms with E-state index in [1.807, 2.05) is 6.92 Å². The van der Waals surface area contributed by atoms with Crippen LogP contribution in [0.4, 0.5) is 13.2 Å². The number of carbonyl (C=O) groups is 1. The predicted molar refractivity (Wildman–Crippen MR) is 80.5 cm³/mol. The quantitative estimate of drug-likeness (QED) is 0.568. The number of rotatable bonds is 2. The van der Waals surface area contributed by atoms with E-state index in [0.717, 1.165) is 16.0 Å². The molecule has 2 heterocycles. The summed E-state index contributed by atoms with van der Waals surface area (Å²) in [7, 11) is 1.40. The van der Waals surface area contributed by atoms with Crippen LogP contribution in [-0.4, -0.2) is 27.3 Å². The molecule has 0 spiro atoms. The number of nitrogens with one attached hydrogen (secondary N) is 3. The van der Waals surface area contributed by atoms with E-state index in [0.29, 0.717) is 6.54 Å². The topological polar surface area (TPSA) is 71.0 Å². The maximum absolute atomic E-state index is 12.9. The van der Waals surface area contributed by atoms with Crippen molar-refractivity contribution in [3.05, 3.63) is 16.6 Å². The molecule has 0 aliphatic heterocycles. The average Bonchev–Trinajstić information content (AvgIpc) is 2.96. The summed E-state index contributed by atoms with van der Waals surface area (Å²) in [5, 5.41) is 6.32. The second kappa shape index (κ2) is 6.08. The zero-order valence-electron chi connectivity index (χ0n) is 11.5. The molecule has 0 aliphatic rings. The highest BCUT2D eigenvalue weighted by Gasteiger charge is 2.37. The van der Waals surface area contributed by atoms with Gasteiger partial charge in [-0.3, -0.25) is 20.3 Å². The third-order valence-corrected chi connectivity index (χ3v) is 4.08. The molecule has 0 bridgehead atoms. The van der Waals surface area contributed by atoms with E-state index in [1.54, 1.807) is 0 Å². The number of thiocarbonyl (C=S) groups is 1. The summed E-state index contributed by atoms with van der Waals surface area (Å²) in [5.41, 5.74) is 3.78. The fourth-order valence-electron chi connectivity index (χ4n) is 1.74. The molecule has 22 heavy (non-hydrogen) atoms. The van der Waals surface area contributed by atoms with Crippen LogP contribution in [0.2, 0.25) is 0 Å². The Morgan fingerprint density at radius 2 is 2.14 bits per heavy atom.